The molecular formula is C12H9O4-. The van der Waals surface area contributed by atoms with E-state index in [0.29, 0.717) is 5.75 Å². The number of benzene rings is 1. The van der Waals surface area contributed by atoms with Crippen molar-refractivity contribution in [3.05, 3.63) is 42.0 Å². The Balaban J connectivity index is 2.08. The Kier molecular flexibility index (Phi) is 2.91. The molecule has 1 aliphatic heterocycles. The Hall–Kier alpha value is -2.23. The molecule has 0 bridgehead atoms. The summed E-state index contributed by atoms with van der Waals surface area (Å²) in [6.45, 7) is 0.243. The molecule has 0 amide bonds. The topological polar surface area (TPSA) is 58.6 Å². The summed E-state index contributed by atoms with van der Waals surface area (Å²) in [6, 6.07) is 5.49. The minimum Gasteiger partial charge on any atom is -0.545 e. The number of carbonyl (C=O) groups is 1. The molecule has 4 heteroatoms. The van der Waals surface area contributed by atoms with Crippen molar-refractivity contribution in [2.24, 2.45) is 0 Å². The molecule has 1 aliphatic rings. The van der Waals surface area contributed by atoms with Gasteiger partial charge < -0.3 is 19.4 Å². The van der Waals surface area contributed by atoms with E-state index in [2.05, 4.69) is 0 Å². The third kappa shape index (κ3) is 2.42. The summed E-state index contributed by atoms with van der Waals surface area (Å²) in [4.78, 5) is 10.1. The van der Waals surface area contributed by atoms with Gasteiger partial charge in [-0.25, -0.2) is 0 Å². The Morgan fingerprint density at radius 3 is 2.88 bits per heavy atom. The first-order chi connectivity index (χ1) is 7.75. The highest BCUT2D eigenvalue weighted by Crippen LogP contribution is 2.32. The number of fused-ring (bicyclic) bond motifs is 1. The van der Waals surface area contributed by atoms with Crippen LogP contribution in [0.4, 0.5) is 0 Å². The maximum atomic E-state index is 10.1. The van der Waals surface area contributed by atoms with Crippen molar-refractivity contribution in [3.8, 4) is 11.5 Å². The Morgan fingerprint density at radius 1 is 1.25 bits per heavy atom. The Bertz CT molecular complexity index is 460. The maximum Gasteiger partial charge on any atom is 0.231 e. The Labute approximate surface area is 92.4 Å². The molecule has 2 rings (SSSR count). The number of carboxylic acids is 1. The van der Waals surface area contributed by atoms with Gasteiger partial charge in [0.05, 0.1) is 5.97 Å². The lowest BCUT2D eigenvalue weighted by Crippen LogP contribution is -2.18. The molecule has 16 heavy (non-hydrogen) atoms. The number of aliphatic carboxylic acids is 1. The predicted octanol–water partition coefficient (Wildman–Crippen LogP) is 0.735. The van der Waals surface area contributed by atoms with Crippen molar-refractivity contribution in [1.82, 2.24) is 0 Å². The van der Waals surface area contributed by atoms with Gasteiger partial charge in [-0.2, -0.15) is 0 Å². The first kappa shape index (κ1) is 10.3. The highest BCUT2D eigenvalue weighted by molar-refractivity contribution is 5.78. The fraction of sp³-hybridized carbons (Fsp3) is 0.0833. The van der Waals surface area contributed by atoms with E-state index in [-0.39, 0.29) is 6.79 Å². The summed E-state index contributed by atoms with van der Waals surface area (Å²) in [7, 11) is 0. The first-order valence-electron chi connectivity index (χ1n) is 4.71. The molecular weight excluding hydrogens is 208 g/mol. The van der Waals surface area contributed by atoms with Crippen LogP contribution in [0.1, 0.15) is 5.56 Å². The largest absolute Gasteiger partial charge is 0.545 e. The average Bonchev–Trinajstić information content (AvgIpc) is 2.71. The second kappa shape index (κ2) is 4.53. The van der Waals surface area contributed by atoms with E-state index in [4.69, 9.17) is 9.47 Å². The minimum atomic E-state index is -1.21. The van der Waals surface area contributed by atoms with E-state index in [1.54, 1.807) is 12.2 Å². The van der Waals surface area contributed by atoms with Gasteiger partial charge in [-0.15, -0.1) is 0 Å². The number of ether oxygens (including phenoxy) is 2. The van der Waals surface area contributed by atoms with Crippen LogP contribution in [0.25, 0.3) is 6.08 Å². The van der Waals surface area contributed by atoms with Crippen LogP contribution in [0.2, 0.25) is 0 Å². The van der Waals surface area contributed by atoms with Crippen molar-refractivity contribution in [2.45, 2.75) is 0 Å². The van der Waals surface area contributed by atoms with Gasteiger partial charge in [0, 0.05) is 0 Å². The third-order valence-electron chi connectivity index (χ3n) is 2.03. The molecule has 1 heterocycles. The SMILES string of the molecule is O=C([O-])/C=C/C=C/c1ccc2c(c1)OCO2. The molecule has 0 aliphatic carbocycles. The summed E-state index contributed by atoms with van der Waals surface area (Å²) in [5.74, 6) is 0.212. The molecule has 4 nitrogen and oxygen atoms in total. The molecule has 82 valence electrons. The molecule has 0 saturated carbocycles. The number of hydrogen-bond donors (Lipinski definition) is 0. The van der Waals surface area contributed by atoms with Gasteiger partial charge in [0.2, 0.25) is 6.79 Å². The van der Waals surface area contributed by atoms with E-state index in [0.717, 1.165) is 17.4 Å². The van der Waals surface area contributed by atoms with Crippen LogP contribution in [-0.2, 0) is 4.79 Å². The molecule has 1 aromatic rings. The van der Waals surface area contributed by atoms with Crippen LogP contribution in [-0.4, -0.2) is 12.8 Å². The van der Waals surface area contributed by atoms with Crippen LogP contribution >= 0.6 is 0 Å². The first-order valence-corrected chi connectivity index (χ1v) is 4.71. The highest BCUT2D eigenvalue weighted by atomic mass is 16.7. The maximum absolute atomic E-state index is 10.1. The van der Waals surface area contributed by atoms with Gasteiger partial charge >= 0.3 is 0 Å². The zero-order valence-corrected chi connectivity index (χ0v) is 8.38. The minimum absolute atomic E-state index is 0.243. The van der Waals surface area contributed by atoms with E-state index >= 15 is 0 Å². The molecule has 0 spiro atoms. The van der Waals surface area contributed by atoms with Gasteiger partial charge in [-0.1, -0.05) is 24.3 Å². The third-order valence-corrected chi connectivity index (χ3v) is 2.03. The van der Waals surface area contributed by atoms with Crippen LogP contribution in [0.15, 0.2) is 36.4 Å². The van der Waals surface area contributed by atoms with Gasteiger partial charge in [0.15, 0.2) is 11.5 Å². The van der Waals surface area contributed by atoms with Gasteiger partial charge in [0.25, 0.3) is 0 Å². The molecule has 0 atom stereocenters. The molecule has 0 radical (unpaired) electrons. The molecule has 0 aromatic heterocycles. The lowest BCUT2D eigenvalue weighted by Gasteiger charge is -1.96. The van der Waals surface area contributed by atoms with Crippen LogP contribution in [0.3, 0.4) is 0 Å². The fourth-order valence-corrected chi connectivity index (χ4v) is 1.32. The number of hydrogen-bond acceptors (Lipinski definition) is 4. The van der Waals surface area contributed by atoms with Crippen molar-refractivity contribution in [2.75, 3.05) is 6.79 Å². The fourth-order valence-electron chi connectivity index (χ4n) is 1.32. The van der Waals surface area contributed by atoms with Crippen molar-refractivity contribution in [1.29, 1.82) is 0 Å². The van der Waals surface area contributed by atoms with Crippen molar-refractivity contribution < 1.29 is 19.4 Å². The highest BCUT2D eigenvalue weighted by Gasteiger charge is 2.11. The molecule has 0 fully saturated rings. The average molecular weight is 217 g/mol. The van der Waals surface area contributed by atoms with Crippen LogP contribution in [0.5, 0.6) is 11.5 Å². The molecule has 0 saturated heterocycles. The second-order valence-corrected chi connectivity index (χ2v) is 3.15. The zero-order chi connectivity index (χ0) is 11.4. The summed E-state index contributed by atoms with van der Waals surface area (Å²) in [6.07, 6.45) is 5.75. The summed E-state index contributed by atoms with van der Waals surface area (Å²) < 4.78 is 10.4. The molecule has 0 unspecified atom stereocenters. The van der Waals surface area contributed by atoms with Crippen LogP contribution < -0.4 is 14.6 Å². The number of rotatable bonds is 3. The Morgan fingerprint density at radius 2 is 2.06 bits per heavy atom. The van der Waals surface area contributed by atoms with Gasteiger partial charge in [-0.05, 0) is 23.8 Å². The van der Waals surface area contributed by atoms with Crippen LogP contribution in [0, 0.1) is 0 Å². The lowest BCUT2D eigenvalue weighted by molar-refractivity contribution is -0.297. The van der Waals surface area contributed by atoms with Crippen molar-refractivity contribution >= 4 is 12.0 Å². The summed E-state index contributed by atoms with van der Waals surface area (Å²) >= 11 is 0. The van der Waals surface area contributed by atoms with Gasteiger partial charge in [0.1, 0.15) is 0 Å². The summed E-state index contributed by atoms with van der Waals surface area (Å²) in [5.41, 5.74) is 0.909. The van der Waals surface area contributed by atoms with E-state index in [1.807, 2.05) is 18.2 Å². The number of carbonyl (C=O) groups excluding carboxylic acids is 1. The quantitative estimate of drug-likeness (QED) is 0.553. The standard InChI is InChI=1S/C12H10O4/c13-12(14)4-2-1-3-9-5-6-10-11(7-9)16-8-15-10/h1-7H,8H2,(H,13,14)/p-1/b3-1+,4-2+. The van der Waals surface area contributed by atoms with E-state index < -0.39 is 5.97 Å². The van der Waals surface area contributed by atoms with Crippen molar-refractivity contribution in [3.63, 3.8) is 0 Å². The molecule has 1 aromatic carbocycles. The molecule has 0 N–H and O–H groups in total. The number of carboxylic acid groups (broad SMARTS) is 1. The second-order valence-electron chi connectivity index (χ2n) is 3.15. The van der Waals surface area contributed by atoms with E-state index in [1.165, 1.54) is 6.08 Å². The summed E-state index contributed by atoms with van der Waals surface area (Å²) in [5, 5.41) is 10.1. The predicted molar refractivity (Wildman–Crippen MR) is 55.7 cm³/mol. The van der Waals surface area contributed by atoms with E-state index in [9.17, 15) is 9.90 Å². The smallest absolute Gasteiger partial charge is 0.231 e. The monoisotopic (exact) mass is 217 g/mol. The normalized spacial score (nSPS) is 13.8. The van der Waals surface area contributed by atoms with Gasteiger partial charge in [-0.3, -0.25) is 0 Å². The number of allylic oxidation sites excluding steroid dienone is 2. The zero-order valence-electron chi connectivity index (χ0n) is 8.38. The lowest BCUT2D eigenvalue weighted by atomic mass is 10.2.